The number of anilines is 1. The lowest BCUT2D eigenvalue weighted by atomic mass is 10.1. The van der Waals surface area contributed by atoms with Crippen molar-refractivity contribution in [2.45, 2.75) is 25.8 Å². The molecule has 0 saturated carbocycles. The number of carbonyl (C=O) groups excluding carboxylic acids is 1. The van der Waals surface area contributed by atoms with Gasteiger partial charge in [-0.1, -0.05) is 30.6 Å². The second-order valence-electron chi connectivity index (χ2n) is 3.94. The van der Waals surface area contributed by atoms with Crippen LogP contribution in [0.15, 0.2) is 29.4 Å². The average molecular weight is 268 g/mol. The quantitative estimate of drug-likeness (QED) is 0.284. The topological polar surface area (TPSA) is 99.7 Å². The number of amides is 2. The molecule has 7 heteroatoms. The van der Waals surface area contributed by atoms with Gasteiger partial charge in [0.15, 0.2) is 5.84 Å². The standard InChI is InChI=1S/C12H17FN4O2/c1-2-5-10(11(14)17-19)16-12(18)15-9-7-4-3-6-8(9)13/h3-4,6-7,10,19H,2,5H2,1H3,(H2,14,17)(H2,15,16,18). The fraction of sp³-hybridized carbons (Fsp3) is 0.333. The minimum atomic E-state index is -0.616. The first-order chi connectivity index (χ1) is 9.08. The zero-order valence-electron chi connectivity index (χ0n) is 10.6. The molecule has 1 aromatic carbocycles. The summed E-state index contributed by atoms with van der Waals surface area (Å²) in [5, 5.41) is 16.3. The van der Waals surface area contributed by atoms with Crippen LogP contribution < -0.4 is 16.4 Å². The zero-order chi connectivity index (χ0) is 14.3. The van der Waals surface area contributed by atoms with E-state index in [1.807, 2.05) is 6.92 Å². The average Bonchev–Trinajstić information content (AvgIpc) is 2.40. The van der Waals surface area contributed by atoms with Crippen LogP contribution in [0.4, 0.5) is 14.9 Å². The molecule has 0 aliphatic rings. The molecule has 104 valence electrons. The monoisotopic (exact) mass is 268 g/mol. The maximum absolute atomic E-state index is 13.3. The number of urea groups is 1. The molecule has 1 aromatic rings. The summed E-state index contributed by atoms with van der Waals surface area (Å²) in [4.78, 5) is 11.7. The van der Waals surface area contributed by atoms with Gasteiger partial charge in [0, 0.05) is 0 Å². The molecule has 0 heterocycles. The van der Waals surface area contributed by atoms with Gasteiger partial charge >= 0.3 is 6.03 Å². The molecular formula is C12H17FN4O2. The van der Waals surface area contributed by atoms with Gasteiger partial charge in [0.1, 0.15) is 5.82 Å². The summed E-state index contributed by atoms with van der Waals surface area (Å²) in [5.74, 6) is -0.626. The van der Waals surface area contributed by atoms with E-state index in [0.29, 0.717) is 6.42 Å². The fourth-order valence-electron chi connectivity index (χ4n) is 1.53. The molecule has 0 aliphatic heterocycles. The minimum absolute atomic E-state index is 0.0646. The molecule has 0 aromatic heterocycles. The lowest BCUT2D eigenvalue weighted by Gasteiger charge is -2.17. The molecule has 5 N–H and O–H groups in total. The van der Waals surface area contributed by atoms with E-state index in [1.165, 1.54) is 18.2 Å². The molecule has 19 heavy (non-hydrogen) atoms. The lowest BCUT2D eigenvalue weighted by molar-refractivity contribution is 0.249. The van der Waals surface area contributed by atoms with Crippen molar-refractivity contribution in [1.29, 1.82) is 0 Å². The van der Waals surface area contributed by atoms with E-state index in [4.69, 9.17) is 10.9 Å². The number of carbonyl (C=O) groups is 1. The number of halogens is 1. The summed E-state index contributed by atoms with van der Waals surface area (Å²) in [6, 6.07) is 4.59. The maximum Gasteiger partial charge on any atom is 0.319 e. The Labute approximate surface area is 110 Å². The third-order valence-electron chi connectivity index (χ3n) is 2.48. The third kappa shape index (κ3) is 4.46. The van der Waals surface area contributed by atoms with Crippen LogP contribution >= 0.6 is 0 Å². The van der Waals surface area contributed by atoms with Crippen molar-refractivity contribution in [3.8, 4) is 0 Å². The molecule has 0 radical (unpaired) electrons. The van der Waals surface area contributed by atoms with E-state index in [0.717, 1.165) is 6.42 Å². The van der Waals surface area contributed by atoms with Gasteiger partial charge in [-0.25, -0.2) is 9.18 Å². The Morgan fingerprint density at radius 2 is 2.21 bits per heavy atom. The Morgan fingerprint density at radius 1 is 1.53 bits per heavy atom. The second-order valence-corrected chi connectivity index (χ2v) is 3.94. The Hall–Kier alpha value is -2.31. The molecule has 6 nitrogen and oxygen atoms in total. The van der Waals surface area contributed by atoms with E-state index in [-0.39, 0.29) is 11.5 Å². The number of oxime groups is 1. The highest BCUT2D eigenvalue weighted by Crippen LogP contribution is 2.12. The van der Waals surface area contributed by atoms with Crippen molar-refractivity contribution in [1.82, 2.24) is 5.32 Å². The number of nitrogens with one attached hydrogen (secondary N) is 2. The summed E-state index contributed by atoms with van der Waals surface area (Å²) in [6.07, 6.45) is 1.25. The Morgan fingerprint density at radius 3 is 2.79 bits per heavy atom. The van der Waals surface area contributed by atoms with Gasteiger partial charge in [0.05, 0.1) is 11.7 Å². The Bertz CT molecular complexity index is 465. The molecule has 0 aliphatic carbocycles. The van der Waals surface area contributed by atoms with Crippen LogP contribution in [0.5, 0.6) is 0 Å². The summed E-state index contributed by atoms with van der Waals surface area (Å²) < 4.78 is 13.3. The van der Waals surface area contributed by atoms with Crippen molar-refractivity contribution in [2.24, 2.45) is 10.9 Å². The van der Waals surface area contributed by atoms with Crippen LogP contribution in [0, 0.1) is 5.82 Å². The van der Waals surface area contributed by atoms with Crippen LogP contribution in [0.3, 0.4) is 0 Å². The van der Waals surface area contributed by atoms with Crippen LogP contribution in [-0.4, -0.2) is 23.1 Å². The first kappa shape index (κ1) is 14.7. The fourth-order valence-corrected chi connectivity index (χ4v) is 1.53. The van der Waals surface area contributed by atoms with Crippen molar-refractivity contribution < 1.29 is 14.4 Å². The van der Waals surface area contributed by atoms with Crippen LogP contribution in [-0.2, 0) is 0 Å². The van der Waals surface area contributed by atoms with Crippen LogP contribution in [0.25, 0.3) is 0 Å². The highest BCUT2D eigenvalue weighted by Gasteiger charge is 2.16. The number of benzene rings is 1. The minimum Gasteiger partial charge on any atom is -0.409 e. The predicted octanol–water partition coefficient (Wildman–Crippen LogP) is 1.86. The smallest absolute Gasteiger partial charge is 0.319 e. The van der Waals surface area contributed by atoms with Crippen molar-refractivity contribution in [3.05, 3.63) is 30.1 Å². The molecule has 1 atom stereocenters. The summed E-state index contributed by atoms with van der Waals surface area (Å²) >= 11 is 0. The molecule has 0 spiro atoms. The van der Waals surface area contributed by atoms with Gasteiger partial charge in [-0.05, 0) is 18.6 Å². The van der Waals surface area contributed by atoms with Gasteiger partial charge in [-0.2, -0.15) is 0 Å². The van der Waals surface area contributed by atoms with E-state index in [2.05, 4.69) is 15.8 Å². The normalized spacial score (nSPS) is 12.8. The summed E-state index contributed by atoms with van der Waals surface area (Å²) in [5.41, 5.74) is 5.52. The Kier molecular flexibility index (Phi) is 5.59. The number of amidine groups is 1. The number of para-hydroxylation sites is 1. The third-order valence-corrected chi connectivity index (χ3v) is 2.48. The van der Waals surface area contributed by atoms with Gasteiger partial charge in [0.25, 0.3) is 0 Å². The number of nitrogens with two attached hydrogens (primary N) is 1. The van der Waals surface area contributed by atoms with E-state index in [1.54, 1.807) is 6.07 Å². The first-order valence-corrected chi connectivity index (χ1v) is 5.88. The summed E-state index contributed by atoms with van der Waals surface area (Å²) in [6.45, 7) is 1.90. The molecular weight excluding hydrogens is 251 g/mol. The van der Waals surface area contributed by atoms with Gasteiger partial charge in [-0.15, -0.1) is 0 Å². The highest BCUT2D eigenvalue weighted by atomic mass is 19.1. The molecule has 0 saturated heterocycles. The molecule has 1 unspecified atom stereocenters. The van der Waals surface area contributed by atoms with Gasteiger partial charge < -0.3 is 21.6 Å². The molecule has 1 rings (SSSR count). The largest absolute Gasteiger partial charge is 0.409 e. The first-order valence-electron chi connectivity index (χ1n) is 5.88. The van der Waals surface area contributed by atoms with E-state index < -0.39 is 17.9 Å². The van der Waals surface area contributed by atoms with E-state index in [9.17, 15) is 9.18 Å². The number of rotatable bonds is 5. The zero-order valence-corrected chi connectivity index (χ0v) is 10.6. The second kappa shape index (κ2) is 7.20. The molecule has 0 fully saturated rings. The van der Waals surface area contributed by atoms with Crippen molar-refractivity contribution >= 4 is 17.6 Å². The SMILES string of the molecule is CCCC(NC(=O)Nc1ccccc1F)/C(N)=N/O. The van der Waals surface area contributed by atoms with E-state index >= 15 is 0 Å². The predicted molar refractivity (Wildman–Crippen MR) is 70.7 cm³/mol. The summed E-state index contributed by atoms with van der Waals surface area (Å²) in [7, 11) is 0. The molecule has 0 bridgehead atoms. The number of nitrogens with zero attached hydrogens (tertiary/aromatic N) is 1. The lowest BCUT2D eigenvalue weighted by Crippen LogP contribution is -2.46. The van der Waals surface area contributed by atoms with Crippen LogP contribution in [0.2, 0.25) is 0 Å². The molecule has 2 amide bonds. The van der Waals surface area contributed by atoms with Crippen LogP contribution in [0.1, 0.15) is 19.8 Å². The maximum atomic E-state index is 13.3. The van der Waals surface area contributed by atoms with Gasteiger partial charge in [-0.3, -0.25) is 0 Å². The number of hydrogen-bond donors (Lipinski definition) is 4. The number of hydrogen-bond acceptors (Lipinski definition) is 3. The Balaban J connectivity index is 2.65. The van der Waals surface area contributed by atoms with Crippen molar-refractivity contribution in [3.63, 3.8) is 0 Å². The highest BCUT2D eigenvalue weighted by molar-refractivity contribution is 5.94. The van der Waals surface area contributed by atoms with Gasteiger partial charge in [0.2, 0.25) is 0 Å². The van der Waals surface area contributed by atoms with Crippen molar-refractivity contribution in [2.75, 3.05) is 5.32 Å².